The van der Waals surface area contributed by atoms with Crippen molar-refractivity contribution in [3.8, 4) is 5.75 Å². The number of esters is 1. The predicted octanol–water partition coefficient (Wildman–Crippen LogP) is 2.43. The van der Waals surface area contributed by atoms with Crippen molar-refractivity contribution in [2.24, 2.45) is 5.92 Å². The average molecular weight is 292 g/mol. The molecule has 0 fully saturated rings. The third-order valence-electron chi connectivity index (χ3n) is 3.00. The highest BCUT2D eigenvalue weighted by molar-refractivity contribution is 5.99. The summed E-state index contributed by atoms with van der Waals surface area (Å²) < 4.78 is 9.94. The molecule has 21 heavy (non-hydrogen) atoms. The molecule has 0 heterocycles. The molecule has 5 heteroatoms. The van der Waals surface area contributed by atoms with Crippen molar-refractivity contribution in [2.75, 3.05) is 13.7 Å². The average Bonchev–Trinajstić information content (AvgIpc) is 2.46. The molecule has 1 aromatic rings. The minimum atomic E-state index is -0.725. The molecule has 0 aromatic heterocycles. The summed E-state index contributed by atoms with van der Waals surface area (Å²) in [6, 6.07) is 6.63. The fraction of sp³-hybridized carbons (Fsp3) is 0.438. The summed E-state index contributed by atoms with van der Waals surface area (Å²) in [5.41, 5.74) is 0.480. The van der Waals surface area contributed by atoms with E-state index in [1.54, 1.807) is 38.3 Å². The summed E-state index contributed by atoms with van der Waals surface area (Å²) in [5, 5.41) is 0. The first-order valence-corrected chi connectivity index (χ1v) is 6.81. The summed E-state index contributed by atoms with van der Waals surface area (Å²) in [6.45, 7) is 3.31. The molecule has 0 aliphatic rings. The fourth-order valence-electron chi connectivity index (χ4n) is 1.96. The molecule has 0 aliphatic carbocycles. The van der Waals surface area contributed by atoms with E-state index >= 15 is 0 Å². The number of hydrogen-bond acceptors (Lipinski definition) is 5. The Kier molecular flexibility index (Phi) is 6.59. The Morgan fingerprint density at radius 1 is 1.10 bits per heavy atom. The molecule has 1 atom stereocenters. The Morgan fingerprint density at radius 2 is 1.71 bits per heavy atom. The maximum atomic E-state index is 12.2. The molecule has 1 unspecified atom stereocenters. The van der Waals surface area contributed by atoms with E-state index in [0.29, 0.717) is 11.3 Å². The second-order valence-corrected chi connectivity index (χ2v) is 4.71. The van der Waals surface area contributed by atoms with Gasteiger partial charge in [-0.25, -0.2) is 0 Å². The highest BCUT2D eigenvalue weighted by Gasteiger charge is 2.25. The van der Waals surface area contributed by atoms with Crippen molar-refractivity contribution in [2.45, 2.75) is 26.7 Å². The van der Waals surface area contributed by atoms with Gasteiger partial charge in [0.15, 0.2) is 5.78 Å². The molecule has 0 saturated heterocycles. The minimum absolute atomic E-state index is 0.0146. The van der Waals surface area contributed by atoms with Crippen LogP contribution in [0, 0.1) is 5.92 Å². The van der Waals surface area contributed by atoms with Gasteiger partial charge < -0.3 is 14.3 Å². The van der Waals surface area contributed by atoms with Crippen LogP contribution in [0.2, 0.25) is 0 Å². The zero-order valence-corrected chi connectivity index (χ0v) is 12.5. The Morgan fingerprint density at radius 3 is 2.19 bits per heavy atom. The van der Waals surface area contributed by atoms with E-state index < -0.39 is 11.9 Å². The lowest BCUT2D eigenvalue weighted by Gasteiger charge is -2.13. The van der Waals surface area contributed by atoms with Crippen LogP contribution in [-0.4, -0.2) is 31.3 Å². The molecular weight excluding hydrogens is 272 g/mol. The highest BCUT2D eigenvalue weighted by atomic mass is 16.5. The van der Waals surface area contributed by atoms with Gasteiger partial charge in [-0.15, -0.1) is 0 Å². The number of ether oxygens (including phenoxy) is 2. The zero-order chi connectivity index (χ0) is 15.8. The molecule has 0 amide bonds. The quantitative estimate of drug-likeness (QED) is 0.543. The van der Waals surface area contributed by atoms with E-state index in [9.17, 15) is 14.4 Å². The summed E-state index contributed by atoms with van der Waals surface area (Å²) >= 11 is 0. The lowest BCUT2D eigenvalue weighted by atomic mass is 9.94. The maximum absolute atomic E-state index is 12.2. The standard InChI is InChI=1S/C16H20O5/c1-4-21-16(19)13(9-11(2)17)10-15(18)12-5-7-14(20-3)8-6-12/h5-8,13H,4,9-10H2,1-3H3. The molecule has 0 aliphatic heterocycles. The topological polar surface area (TPSA) is 69.7 Å². The molecular formula is C16H20O5. The molecule has 0 radical (unpaired) electrons. The van der Waals surface area contributed by atoms with Crippen molar-refractivity contribution in [3.05, 3.63) is 29.8 Å². The number of Topliss-reactive ketones (excluding diaryl/α,β-unsaturated/α-hetero) is 2. The van der Waals surface area contributed by atoms with Gasteiger partial charge in [-0.2, -0.15) is 0 Å². The Bertz CT molecular complexity index is 504. The molecule has 1 rings (SSSR count). The van der Waals surface area contributed by atoms with Gasteiger partial charge in [0.1, 0.15) is 11.5 Å². The normalized spacial score (nSPS) is 11.6. The van der Waals surface area contributed by atoms with Crippen molar-refractivity contribution in [1.82, 2.24) is 0 Å². The predicted molar refractivity (Wildman–Crippen MR) is 77.4 cm³/mol. The van der Waals surface area contributed by atoms with Crippen molar-refractivity contribution in [1.29, 1.82) is 0 Å². The number of methoxy groups -OCH3 is 1. The van der Waals surface area contributed by atoms with Gasteiger partial charge in [-0.3, -0.25) is 9.59 Å². The zero-order valence-electron chi connectivity index (χ0n) is 12.5. The van der Waals surface area contributed by atoms with E-state index in [4.69, 9.17) is 9.47 Å². The van der Waals surface area contributed by atoms with Crippen LogP contribution in [0.3, 0.4) is 0 Å². The second kappa shape index (κ2) is 8.19. The first-order valence-electron chi connectivity index (χ1n) is 6.81. The minimum Gasteiger partial charge on any atom is -0.497 e. The van der Waals surface area contributed by atoms with Crippen LogP contribution in [0.1, 0.15) is 37.0 Å². The second-order valence-electron chi connectivity index (χ2n) is 4.71. The molecule has 0 spiro atoms. The van der Waals surface area contributed by atoms with Gasteiger partial charge in [0.2, 0.25) is 0 Å². The lowest BCUT2D eigenvalue weighted by molar-refractivity contribution is -0.149. The molecule has 0 saturated carbocycles. The Labute approximate surface area is 124 Å². The Hall–Kier alpha value is -2.17. The molecule has 114 valence electrons. The van der Waals surface area contributed by atoms with E-state index in [0.717, 1.165) is 0 Å². The third kappa shape index (κ3) is 5.38. The van der Waals surface area contributed by atoms with E-state index in [1.807, 2.05) is 0 Å². The maximum Gasteiger partial charge on any atom is 0.309 e. The summed E-state index contributed by atoms with van der Waals surface area (Å²) in [5.74, 6) is -0.920. The number of ketones is 2. The Balaban J connectivity index is 2.78. The van der Waals surface area contributed by atoms with E-state index in [1.165, 1.54) is 6.92 Å². The van der Waals surface area contributed by atoms with Gasteiger partial charge in [-0.05, 0) is 38.1 Å². The van der Waals surface area contributed by atoms with Crippen LogP contribution in [0.15, 0.2) is 24.3 Å². The van der Waals surface area contributed by atoms with Gasteiger partial charge in [0, 0.05) is 18.4 Å². The van der Waals surface area contributed by atoms with Crippen LogP contribution < -0.4 is 4.74 Å². The van der Waals surface area contributed by atoms with Crippen LogP contribution in [0.4, 0.5) is 0 Å². The highest BCUT2D eigenvalue weighted by Crippen LogP contribution is 2.18. The molecule has 0 N–H and O–H groups in total. The monoisotopic (exact) mass is 292 g/mol. The van der Waals surface area contributed by atoms with Crippen molar-refractivity contribution in [3.63, 3.8) is 0 Å². The van der Waals surface area contributed by atoms with Gasteiger partial charge >= 0.3 is 5.97 Å². The van der Waals surface area contributed by atoms with Gasteiger partial charge in [-0.1, -0.05) is 0 Å². The van der Waals surface area contributed by atoms with E-state index in [2.05, 4.69) is 0 Å². The number of rotatable bonds is 8. The molecule has 1 aromatic carbocycles. The number of benzene rings is 1. The lowest BCUT2D eigenvalue weighted by Crippen LogP contribution is -2.23. The number of hydrogen-bond donors (Lipinski definition) is 0. The van der Waals surface area contributed by atoms with Crippen LogP contribution in [-0.2, 0) is 14.3 Å². The van der Waals surface area contributed by atoms with Crippen molar-refractivity contribution >= 4 is 17.5 Å². The number of carbonyl (C=O) groups is 3. The first-order chi connectivity index (χ1) is 9.97. The molecule has 0 bridgehead atoms. The number of carbonyl (C=O) groups excluding carboxylic acids is 3. The largest absolute Gasteiger partial charge is 0.497 e. The first kappa shape index (κ1) is 16.9. The van der Waals surface area contributed by atoms with Crippen LogP contribution in [0.25, 0.3) is 0 Å². The van der Waals surface area contributed by atoms with Gasteiger partial charge in [0.05, 0.1) is 19.6 Å². The van der Waals surface area contributed by atoms with Crippen molar-refractivity contribution < 1.29 is 23.9 Å². The third-order valence-corrected chi connectivity index (χ3v) is 3.00. The summed E-state index contributed by atoms with van der Waals surface area (Å²) in [6.07, 6.45) is -0.0224. The fourth-order valence-corrected chi connectivity index (χ4v) is 1.96. The molecule has 5 nitrogen and oxygen atoms in total. The SMILES string of the molecule is CCOC(=O)C(CC(C)=O)CC(=O)c1ccc(OC)cc1. The van der Waals surface area contributed by atoms with Crippen LogP contribution >= 0.6 is 0 Å². The smallest absolute Gasteiger partial charge is 0.309 e. The summed E-state index contributed by atoms with van der Waals surface area (Å²) in [7, 11) is 1.54. The summed E-state index contributed by atoms with van der Waals surface area (Å²) in [4.78, 5) is 35.2. The van der Waals surface area contributed by atoms with Gasteiger partial charge in [0.25, 0.3) is 0 Å². The van der Waals surface area contributed by atoms with Crippen LogP contribution in [0.5, 0.6) is 5.75 Å². The van der Waals surface area contributed by atoms with E-state index in [-0.39, 0.29) is 31.0 Å².